The second-order valence-electron chi connectivity index (χ2n) is 26.6. The molecule has 0 spiro atoms. The maximum Gasteiger partial charge on any atom is 0.373 e. The molecule has 46 heteroatoms. The third kappa shape index (κ3) is 60.2. The number of nitrogens with two attached hydrogens (primary N) is 1. The fraction of sp³-hybridized carbons (Fsp3) is 0.778. The number of aliphatic hydroxyl groups is 6. The molecule has 0 saturated carbocycles. The SMILES string of the molecule is C.CC(=O)OCc1ccc(O[C@@H]2O[C@H](C(=O)O)[C@@H](O)[C@H](O)[C@H]2O)c(C(=O)NCCOCCOCCOCCOCCOCCN(CCOCCOCCOCCOCCOCCNC(=O)c2cc(COC(C)=O)ccc2O[C@@H]2OC[C@@H](O)[C@H](O)[C@H]2O)CCOCCOCCOCCOCCOCCOCCOCCOCCOCCOCCOCCON)c1.O=C=O. The van der Waals surface area contributed by atoms with Crippen molar-refractivity contribution in [1.82, 2.24) is 15.5 Å². The summed E-state index contributed by atoms with van der Waals surface area (Å²) in [4.78, 5) is 83.9. The largest absolute Gasteiger partial charge is 0.479 e. The maximum atomic E-state index is 13.3. The van der Waals surface area contributed by atoms with E-state index in [0.717, 1.165) is 0 Å². The lowest BCUT2D eigenvalue weighted by atomic mass is 9.99. The third-order valence-electron chi connectivity index (χ3n) is 17.0. The molecule has 2 saturated heterocycles. The second kappa shape index (κ2) is 80.4. The average molecular weight is 1840 g/mol. The summed E-state index contributed by atoms with van der Waals surface area (Å²) in [7, 11) is 0. The molecule has 734 valence electrons. The van der Waals surface area contributed by atoms with Gasteiger partial charge in [0.25, 0.3) is 11.8 Å². The second-order valence-corrected chi connectivity index (χ2v) is 26.6. The van der Waals surface area contributed by atoms with E-state index in [-0.39, 0.29) is 109 Å². The van der Waals surface area contributed by atoms with Crippen LogP contribution in [0.25, 0.3) is 0 Å². The molecule has 127 heavy (non-hydrogen) atoms. The summed E-state index contributed by atoms with van der Waals surface area (Å²) in [6.45, 7) is 20.3. The molecular weight excluding hydrogens is 1700 g/mol. The first-order valence-corrected chi connectivity index (χ1v) is 41.6. The Morgan fingerprint density at radius 2 is 0.638 bits per heavy atom. The van der Waals surface area contributed by atoms with Crippen LogP contribution in [0.1, 0.15) is 53.1 Å². The van der Waals surface area contributed by atoms with E-state index in [0.29, 0.717) is 275 Å². The van der Waals surface area contributed by atoms with Crippen molar-refractivity contribution in [2.75, 3.05) is 323 Å². The van der Waals surface area contributed by atoms with Gasteiger partial charge in [-0.15, -0.1) is 0 Å². The first-order chi connectivity index (χ1) is 61.4. The number of esters is 2. The van der Waals surface area contributed by atoms with Crippen LogP contribution in [0, 0.1) is 0 Å². The standard InChI is InChI=1S/C79H134N4O40.CO2.CH4/c1-60(84)117-57-62-3-5-67(121-78-72(90)69(87)66(86)59-119-78)64(55-62)75(92)81-7-12-96-17-22-101-27-32-106-34-29-103-24-19-98-14-9-83(11-16-100-21-26-105-31-36-108-37-38-109-39-40-110-41-42-111-43-44-112-45-46-113-47-48-114-49-50-115-51-52-116-53-54-120-80)10-15-99-20-25-104-30-35-107-33-28-102-23-18-97-13-8-82-76(93)65-56-63(58-118-61(2)85)4-6-68(65)122-79-73(91)70(88)71(89)74(123-79)77(94)95;2-1-3;/h3-6,55-56,66,69-74,78-79,86-91H,7-54,57-59,80H2,1-2H3,(H,81,92)(H,82,93)(H,94,95);;1H4/t66-,69+,70+,71+,72-,73-,74+,78+,79-;;/m1../s1. The monoisotopic (exact) mass is 1840 g/mol. The lowest BCUT2D eigenvalue weighted by Gasteiger charge is -2.38. The van der Waals surface area contributed by atoms with Gasteiger partial charge in [0.05, 0.1) is 302 Å². The minimum absolute atomic E-state index is 0. The van der Waals surface area contributed by atoms with Crippen LogP contribution in [0.15, 0.2) is 36.4 Å². The van der Waals surface area contributed by atoms with Crippen molar-refractivity contribution in [2.24, 2.45) is 5.90 Å². The van der Waals surface area contributed by atoms with Crippen LogP contribution >= 0.6 is 0 Å². The van der Waals surface area contributed by atoms with E-state index in [2.05, 4.69) is 20.4 Å². The number of nitrogens with one attached hydrogen (secondary N) is 2. The van der Waals surface area contributed by atoms with Crippen molar-refractivity contribution in [3.8, 4) is 11.5 Å². The number of aliphatic carboxylic acids is 1. The minimum atomic E-state index is -1.95. The van der Waals surface area contributed by atoms with Gasteiger partial charge >= 0.3 is 24.1 Å². The van der Waals surface area contributed by atoms with Gasteiger partial charge in [0.2, 0.25) is 12.6 Å². The van der Waals surface area contributed by atoms with E-state index < -0.39 is 85.0 Å². The fourth-order valence-corrected chi connectivity index (χ4v) is 10.5. The number of nitrogens with zero attached hydrogens (tertiary/aromatic N) is 1. The summed E-state index contributed by atoms with van der Waals surface area (Å²) in [6.07, 6.45) is -15.0. The van der Waals surface area contributed by atoms with Gasteiger partial charge in [-0.05, 0) is 35.4 Å². The molecule has 2 fully saturated rings. The number of benzene rings is 2. The molecule has 0 aliphatic carbocycles. The first-order valence-electron chi connectivity index (χ1n) is 41.6. The van der Waals surface area contributed by atoms with E-state index in [1.807, 2.05) is 0 Å². The third-order valence-corrected chi connectivity index (χ3v) is 17.0. The average Bonchev–Trinajstić information content (AvgIpc) is 0.792. The maximum absolute atomic E-state index is 13.3. The van der Waals surface area contributed by atoms with Crippen LogP contribution in [-0.2, 0) is 160 Å². The number of carbonyl (C=O) groups is 5. The van der Waals surface area contributed by atoms with E-state index in [1.165, 1.54) is 44.2 Å². The summed E-state index contributed by atoms with van der Waals surface area (Å²) in [5, 5.41) is 75.9. The zero-order valence-electron chi connectivity index (χ0n) is 72.2. The molecule has 0 unspecified atom stereocenters. The van der Waals surface area contributed by atoms with Crippen molar-refractivity contribution in [3.63, 3.8) is 0 Å². The molecule has 2 amide bonds. The molecule has 11 N–H and O–H groups in total. The van der Waals surface area contributed by atoms with Crippen LogP contribution in [0.3, 0.4) is 0 Å². The molecule has 2 aromatic rings. The van der Waals surface area contributed by atoms with Gasteiger partial charge in [0, 0.05) is 46.6 Å². The predicted molar refractivity (Wildman–Crippen MR) is 437 cm³/mol. The highest BCUT2D eigenvalue weighted by Gasteiger charge is 2.48. The molecule has 0 aromatic heterocycles. The summed E-state index contributed by atoms with van der Waals surface area (Å²) in [5.74, 6) is 0.907. The number of carboxylic acids is 1. The molecule has 0 radical (unpaired) electrons. The number of rotatable bonds is 83. The summed E-state index contributed by atoms with van der Waals surface area (Å²) >= 11 is 0. The Balaban J connectivity index is 0.0000134. The molecule has 0 bridgehead atoms. The smallest absolute Gasteiger partial charge is 0.373 e. The predicted octanol–water partition coefficient (Wildman–Crippen LogP) is -3.35. The highest BCUT2D eigenvalue weighted by molar-refractivity contribution is 5.97. The molecule has 9 atom stereocenters. The van der Waals surface area contributed by atoms with Crippen LogP contribution in [0.5, 0.6) is 11.5 Å². The van der Waals surface area contributed by atoms with Crippen molar-refractivity contribution in [3.05, 3.63) is 58.7 Å². The van der Waals surface area contributed by atoms with Gasteiger partial charge in [-0.3, -0.25) is 24.1 Å². The molecule has 2 aliphatic heterocycles. The zero-order valence-corrected chi connectivity index (χ0v) is 72.2. The highest BCUT2D eigenvalue weighted by Crippen LogP contribution is 2.29. The number of amides is 2. The minimum Gasteiger partial charge on any atom is -0.479 e. The number of ether oxygens (including phenoxy) is 27. The van der Waals surface area contributed by atoms with Crippen molar-refractivity contribution >= 4 is 35.9 Å². The Morgan fingerprint density at radius 1 is 0.378 bits per heavy atom. The van der Waals surface area contributed by atoms with E-state index in [9.17, 15) is 59.7 Å². The van der Waals surface area contributed by atoms with Gasteiger partial charge in [-0.1, -0.05) is 19.6 Å². The van der Waals surface area contributed by atoms with E-state index >= 15 is 0 Å². The van der Waals surface area contributed by atoms with Crippen LogP contribution in [-0.4, -0.2) is 455 Å². The normalized spacial score (nSPS) is 17.9. The van der Waals surface area contributed by atoms with Gasteiger partial charge < -0.3 is 179 Å². The van der Waals surface area contributed by atoms with Crippen LogP contribution in [0.2, 0.25) is 0 Å². The molecule has 2 aliphatic rings. The first kappa shape index (κ1) is 117. The number of hydrogen-bond acceptors (Lipinski definition) is 43. The number of carboxylic acid groups (broad SMARTS) is 1. The quantitative estimate of drug-likeness (QED) is 0.0176. The Kier molecular flexibility index (Phi) is 73.7. The van der Waals surface area contributed by atoms with Gasteiger partial charge in [0.15, 0.2) is 6.10 Å². The summed E-state index contributed by atoms with van der Waals surface area (Å²) in [5.41, 5.74) is 0.860. The molecular formula is C81H138N4O42. The fourth-order valence-electron chi connectivity index (χ4n) is 10.5. The van der Waals surface area contributed by atoms with Crippen LogP contribution in [0.4, 0.5) is 0 Å². The Hall–Kier alpha value is -6.51. The summed E-state index contributed by atoms with van der Waals surface area (Å²) < 4.78 is 150. The van der Waals surface area contributed by atoms with Crippen LogP contribution < -0.4 is 26.0 Å². The van der Waals surface area contributed by atoms with Gasteiger partial charge in [0.1, 0.15) is 61.3 Å². The van der Waals surface area contributed by atoms with Crippen molar-refractivity contribution in [1.29, 1.82) is 0 Å². The van der Waals surface area contributed by atoms with E-state index in [1.54, 1.807) is 6.07 Å². The van der Waals surface area contributed by atoms with Gasteiger partial charge in [-0.25, -0.2) is 10.7 Å². The molecule has 4 rings (SSSR count). The van der Waals surface area contributed by atoms with Gasteiger partial charge in [-0.2, -0.15) is 9.59 Å². The lowest BCUT2D eigenvalue weighted by molar-refractivity contribution is -0.271. The Bertz CT molecular complexity index is 3070. The Labute approximate surface area is 740 Å². The van der Waals surface area contributed by atoms with Crippen molar-refractivity contribution in [2.45, 2.75) is 89.8 Å². The number of aliphatic hydroxyl groups excluding tert-OH is 6. The van der Waals surface area contributed by atoms with Crippen molar-refractivity contribution < 1.29 is 202 Å². The summed E-state index contributed by atoms with van der Waals surface area (Å²) in [6, 6.07) is 8.64. The highest BCUT2D eigenvalue weighted by atomic mass is 16.7. The van der Waals surface area contributed by atoms with E-state index in [4.69, 9.17) is 143 Å². The Morgan fingerprint density at radius 3 is 0.913 bits per heavy atom. The molecule has 46 nitrogen and oxygen atoms in total. The number of hydrogen-bond donors (Lipinski definition) is 10. The number of carbonyl (C=O) groups excluding carboxylic acids is 6. The molecule has 2 heterocycles. The topological polar surface area (TPSA) is 573 Å². The zero-order chi connectivity index (χ0) is 91.3. The molecule has 2 aromatic carbocycles. The lowest BCUT2D eigenvalue weighted by Crippen LogP contribution is -2.61.